The second-order valence-electron chi connectivity index (χ2n) is 5.69. The first-order valence-electron chi connectivity index (χ1n) is 7.88. The van der Waals surface area contributed by atoms with E-state index in [2.05, 4.69) is 19.1 Å². The van der Waals surface area contributed by atoms with E-state index in [1.807, 2.05) is 24.3 Å². The molecule has 1 aliphatic carbocycles. The van der Waals surface area contributed by atoms with Crippen LogP contribution < -0.4 is 0 Å². The van der Waals surface area contributed by atoms with Crippen LogP contribution in [0.1, 0.15) is 37.3 Å². The highest BCUT2D eigenvalue weighted by Crippen LogP contribution is 2.35. The Bertz CT molecular complexity index is 558. The van der Waals surface area contributed by atoms with Crippen molar-refractivity contribution in [3.63, 3.8) is 0 Å². The molecule has 0 fully saturated rings. The molecule has 0 spiro atoms. The first-order valence-corrected chi connectivity index (χ1v) is 7.88. The number of unbranched alkanes of at least 4 members (excludes halogenated alkanes) is 2. The summed E-state index contributed by atoms with van der Waals surface area (Å²) in [6.07, 6.45) is 11.7. The number of hydrogen-bond donors (Lipinski definition) is 1. The molecule has 0 saturated heterocycles. The van der Waals surface area contributed by atoms with Gasteiger partial charge in [-0.2, -0.15) is 0 Å². The third-order valence-electron chi connectivity index (χ3n) is 4.21. The van der Waals surface area contributed by atoms with Crippen molar-refractivity contribution in [3.05, 3.63) is 59.7 Å². The zero-order valence-electron chi connectivity index (χ0n) is 13.3. The topological polar surface area (TPSA) is 46.5 Å². The summed E-state index contributed by atoms with van der Waals surface area (Å²) in [5.74, 6) is -1.41. The first-order chi connectivity index (χ1) is 10.6. The lowest BCUT2D eigenvalue weighted by atomic mass is 9.83. The summed E-state index contributed by atoms with van der Waals surface area (Å²) in [7, 11) is 1.67. The molecule has 0 saturated carbocycles. The number of carboxylic acid groups (broad SMARTS) is 1. The van der Waals surface area contributed by atoms with Crippen LogP contribution in [0, 0.1) is 5.92 Å². The summed E-state index contributed by atoms with van der Waals surface area (Å²) in [6.45, 7) is 2.20. The number of benzene rings is 1. The number of ether oxygens (including phenoxy) is 1. The molecule has 1 N–H and O–H groups in total. The summed E-state index contributed by atoms with van der Waals surface area (Å²) in [4.78, 5) is 11.1. The maximum absolute atomic E-state index is 11.1. The Hall–Kier alpha value is -1.87. The minimum atomic E-state index is -0.839. The molecular formula is C19H24O3. The quantitative estimate of drug-likeness (QED) is 0.609. The monoisotopic (exact) mass is 300 g/mol. The van der Waals surface area contributed by atoms with Crippen LogP contribution in [0.3, 0.4) is 0 Å². The Morgan fingerprint density at radius 3 is 2.50 bits per heavy atom. The van der Waals surface area contributed by atoms with Gasteiger partial charge in [0.05, 0.1) is 5.92 Å². The molecule has 0 aliphatic heterocycles. The molecule has 0 radical (unpaired) electrons. The van der Waals surface area contributed by atoms with Gasteiger partial charge in [-0.1, -0.05) is 56.2 Å². The van der Waals surface area contributed by atoms with Gasteiger partial charge in [0.1, 0.15) is 5.60 Å². The number of aliphatic carboxylic acids is 1. The second kappa shape index (κ2) is 7.41. The van der Waals surface area contributed by atoms with Crippen LogP contribution in [-0.2, 0) is 21.6 Å². The van der Waals surface area contributed by atoms with Gasteiger partial charge in [-0.05, 0) is 36.1 Å². The molecule has 0 heterocycles. The van der Waals surface area contributed by atoms with E-state index in [1.54, 1.807) is 19.3 Å². The van der Waals surface area contributed by atoms with Crippen molar-refractivity contribution in [1.82, 2.24) is 0 Å². The molecular weight excluding hydrogens is 276 g/mol. The molecule has 0 unspecified atom stereocenters. The van der Waals surface area contributed by atoms with Crippen LogP contribution in [0.25, 0.3) is 0 Å². The smallest absolute Gasteiger partial charge is 0.314 e. The van der Waals surface area contributed by atoms with Crippen molar-refractivity contribution >= 4 is 5.97 Å². The standard InChI is InChI=1S/C19H24O3/c1-3-4-5-8-15-9-6-7-10-17(15)19(22-2)13-11-16(12-14-19)18(20)21/h6-7,9-14,16H,3-5,8H2,1-2H3,(H,20,21). The van der Waals surface area contributed by atoms with E-state index < -0.39 is 17.5 Å². The predicted molar refractivity (Wildman–Crippen MR) is 87.8 cm³/mol. The van der Waals surface area contributed by atoms with Crippen molar-refractivity contribution in [2.45, 2.75) is 38.2 Å². The van der Waals surface area contributed by atoms with E-state index >= 15 is 0 Å². The van der Waals surface area contributed by atoms with Crippen LogP contribution in [0.15, 0.2) is 48.6 Å². The van der Waals surface area contributed by atoms with E-state index in [0.29, 0.717) is 0 Å². The summed E-state index contributed by atoms with van der Waals surface area (Å²) in [5.41, 5.74) is 1.71. The lowest BCUT2D eigenvalue weighted by Crippen LogP contribution is -2.28. The Morgan fingerprint density at radius 1 is 1.23 bits per heavy atom. The van der Waals surface area contributed by atoms with Gasteiger partial charge in [-0.25, -0.2) is 0 Å². The van der Waals surface area contributed by atoms with Gasteiger partial charge in [-0.3, -0.25) is 4.79 Å². The van der Waals surface area contributed by atoms with Crippen molar-refractivity contribution in [1.29, 1.82) is 0 Å². The van der Waals surface area contributed by atoms with Crippen LogP contribution in [0.5, 0.6) is 0 Å². The molecule has 0 amide bonds. The van der Waals surface area contributed by atoms with Crippen molar-refractivity contribution in [3.8, 4) is 0 Å². The maximum Gasteiger partial charge on any atom is 0.314 e. The molecule has 1 aromatic rings. The van der Waals surface area contributed by atoms with E-state index in [-0.39, 0.29) is 0 Å². The highest BCUT2D eigenvalue weighted by Gasteiger charge is 2.32. The highest BCUT2D eigenvalue weighted by atomic mass is 16.5. The maximum atomic E-state index is 11.1. The SMILES string of the molecule is CCCCCc1ccccc1C1(OC)C=CC(C(=O)O)C=C1. The Kier molecular flexibility index (Phi) is 5.56. The summed E-state index contributed by atoms with van der Waals surface area (Å²) in [6, 6.07) is 8.26. The minimum absolute atomic E-state index is 0.574. The zero-order valence-corrected chi connectivity index (χ0v) is 13.3. The molecule has 0 atom stereocenters. The van der Waals surface area contributed by atoms with E-state index in [1.165, 1.54) is 18.4 Å². The highest BCUT2D eigenvalue weighted by molar-refractivity contribution is 5.75. The minimum Gasteiger partial charge on any atom is -0.481 e. The molecule has 0 bridgehead atoms. The fourth-order valence-electron chi connectivity index (χ4n) is 2.89. The number of hydrogen-bond acceptors (Lipinski definition) is 2. The van der Waals surface area contributed by atoms with E-state index in [4.69, 9.17) is 9.84 Å². The third kappa shape index (κ3) is 3.47. The van der Waals surface area contributed by atoms with Gasteiger partial charge in [0.25, 0.3) is 0 Å². The molecule has 0 aromatic heterocycles. The van der Waals surface area contributed by atoms with Gasteiger partial charge in [0.2, 0.25) is 0 Å². The summed E-state index contributed by atoms with van der Waals surface area (Å²) >= 11 is 0. The van der Waals surface area contributed by atoms with Crippen LogP contribution in [0.4, 0.5) is 0 Å². The molecule has 118 valence electrons. The van der Waals surface area contributed by atoms with Crippen molar-refractivity contribution in [2.75, 3.05) is 7.11 Å². The second-order valence-corrected chi connectivity index (χ2v) is 5.69. The first kappa shape index (κ1) is 16.5. The molecule has 3 nitrogen and oxygen atoms in total. The largest absolute Gasteiger partial charge is 0.481 e. The fraction of sp³-hybridized carbons (Fsp3) is 0.421. The molecule has 2 rings (SSSR count). The lowest BCUT2D eigenvalue weighted by molar-refractivity contribution is -0.138. The molecule has 1 aromatic carbocycles. The van der Waals surface area contributed by atoms with Gasteiger partial charge in [-0.15, -0.1) is 0 Å². The van der Waals surface area contributed by atoms with Gasteiger partial charge in [0.15, 0.2) is 0 Å². The molecule has 1 aliphatic rings. The third-order valence-corrected chi connectivity index (χ3v) is 4.21. The normalized spacial score (nSPS) is 23.6. The van der Waals surface area contributed by atoms with Gasteiger partial charge < -0.3 is 9.84 Å². The number of carbonyl (C=O) groups is 1. The van der Waals surface area contributed by atoms with Gasteiger partial charge in [0, 0.05) is 7.11 Å². The predicted octanol–water partition coefficient (Wildman–Crippen LogP) is 4.09. The van der Waals surface area contributed by atoms with Gasteiger partial charge >= 0.3 is 5.97 Å². The van der Waals surface area contributed by atoms with Crippen molar-refractivity contribution in [2.24, 2.45) is 5.92 Å². The number of aryl methyl sites for hydroxylation is 1. The lowest BCUT2D eigenvalue weighted by Gasteiger charge is -2.31. The van der Waals surface area contributed by atoms with Crippen LogP contribution in [0.2, 0.25) is 0 Å². The Labute approximate surface area is 132 Å². The molecule has 3 heteroatoms. The van der Waals surface area contributed by atoms with E-state index in [9.17, 15) is 4.79 Å². The Morgan fingerprint density at radius 2 is 1.91 bits per heavy atom. The fourth-order valence-corrected chi connectivity index (χ4v) is 2.89. The van der Waals surface area contributed by atoms with E-state index in [0.717, 1.165) is 18.4 Å². The average molecular weight is 300 g/mol. The molecule has 22 heavy (non-hydrogen) atoms. The average Bonchev–Trinajstić information content (AvgIpc) is 2.55. The number of rotatable bonds is 7. The number of methoxy groups -OCH3 is 1. The summed E-state index contributed by atoms with van der Waals surface area (Å²) < 4.78 is 5.77. The van der Waals surface area contributed by atoms with Crippen LogP contribution >= 0.6 is 0 Å². The zero-order chi connectivity index (χ0) is 16.0. The summed E-state index contributed by atoms with van der Waals surface area (Å²) in [5, 5.41) is 9.11. The van der Waals surface area contributed by atoms with Crippen LogP contribution in [-0.4, -0.2) is 18.2 Å². The van der Waals surface area contributed by atoms with Crippen molar-refractivity contribution < 1.29 is 14.6 Å². The number of carboxylic acids is 1. The Balaban J connectivity index is 2.31.